The number of nitro groups is 1. The standard InChI is InChI=1S/C10H6N6O3/c11-4-6-3-5(1-2-7(6)16(18)19)8-9(10(12)17)14-15-13-8/h1-3H,(H2,12,17)(H,13,14,15). The third-order valence-electron chi connectivity index (χ3n) is 2.37. The van der Waals surface area contributed by atoms with Gasteiger partial charge in [0, 0.05) is 11.6 Å². The molecule has 1 amide bonds. The number of carbonyl (C=O) groups is 1. The summed E-state index contributed by atoms with van der Waals surface area (Å²) >= 11 is 0. The number of nitro benzene ring substituents is 1. The second kappa shape index (κ2) is 4.53. The van der Waals surface area contributed by atoms with E-state index in [0.29, 0.717) is 5.56 Å². The normalized spacial score (nSPS) is 9.84. The summed E-state index contributed by atoms with van der Waals surface area (Å²) in [6.45, 7) is 0. The summed E-state index contributed by atoms with van der Waals surface area (Å²) in [5, 5.41) is 29.1. The van der Waals surface area contributed by atoms with Crippen molar-refractivity contribution in [3.8, 4) is 17.3 Å². The highest BCUT2D eigenvalue weighted by Gasteiger charge is 2.19. The first-order valence-electron chi connectivity index (χ1n) is 4.94. The van der Waals surface area contributed by atoms with Gasteiger partial charge in [-0.15, -0.1) is 0 Å². The summed E-state index contributed by atoms with van der Waals surface area (Å²) in [5.74, 6) is -0.791. The average Bonchev–Trinajstić information content (AvgIpc) is 2.87. The largest absolute Gasteiger partial charge is 0.364 e. The van der Waals surface area contributed by atoms with Crippen LogP contribution in [0, 0.1) is 21.4 Å². The molecule has 1 heterocycles. The monoisotopic (exact) mass is 258 g/mol. The highest BCUT2D eigenvalue weighted by Crippen LogP contribution is 2.26. The molecule has 0 fully saturated rings. The fourth-order valence-corrected chi connectivity index (χ4v) is 1.54. The molecule has 0 aliphatic heterocycles. The van der Waals surface area contributed by atoms with Gasteiger partial charge in [0.15, 0.2) is 5.69 Å². The van der Waals surface area contributed by atoms with Crippen molar-refractivity contribution in [3.05, 3.63) is 39.6 Å². The molecule has 2 rings (SSSR count). The minimum absolute atomic E-state index is 0.0993. The molecule has 9 heteroatoms. The number of nitrogens with two attached hydrogens (primary N) is 1. The predicted octanol–water partition coefficient (Wildman–Crippen LogP) is 0.350. The second-order valence-corrected chi connectivity index (χ2v) is 3.49. The lowest BCUT2D eigenvalue weighted by Crippen LogP contribution is -2.12. The van der Waals surface area contributed by atoms with E-state index in [-0.39, 0.29) is 22.6 Å². The van der Waals surface area contributed by atoms with Gasteiger partial charge in [-0.05, 0) is 12.1 Å². The number of hydrogen-bond acceptors (Lipinski definition) is 6. The van der Waals surface area contributed by atoms with Crippen LogP contribution in [0.3, 0.4) is 0 Å². The van der Waals surface area contributed by atoms with Gasteiger partial charge in [-0.2, -0.15) is 20.7 Å². The van der Waals surface area contributed by atoms with Crippen molar-refractivity contribution in [2.75, 3.05) is 0 Å². The Hall–Kier alpha value is -3.28. The van der Waals surface area contributed by atoms with E-state index < -0.39 is 10.8 Å². The Kier molecular flexibility index (Phi) is 2.91. The van der Waals surface area contributed by atoms with Crippen LogP contribution in [-0.2, 0) is 0 Å². The molecular weight excluding hydrogens is 252 g/mol. The van der Waals surface area contributed by atoms with Crippen molar-refractivity contribution in [3.63, 3.8) is 0 Å². The van der Waals surface area contributed by atoms with Crippen molar-refractivity contribution < 1.29 is 9.72 Å². The molecule has 2 aromatic rings. The summed E-state index contributed by atoms with van der Waals surface area (Å²) in [4.78, 5) is 21.1. The van der Waals surface area contributed by atoms with Crippen LogP contribution < -0.4 is 5.73 Å². The molecule has 3 N–H and O–H groups in total. The van der Waals surface area contributed by atoms with Crippen LogP contribution in [0.15, 0.2) is 18.2 Å². The smallest absolute Gasteiger partial charge is 0.287 e. The summed E-state index contributed by atoms with van der Waals surface area (Å²) in [6.07, 6.45) is 0. The SMILES string of the molecule is N#Cc1cc(-c2n[nH]nc2C(N)=O)ccc1[N+](=O)[O-]. The number of nitriles is 1. The Labute approximate surface area is 105 Å². The Morgan fingerprint density at radius 2 is 2.21 bits per heavy atom. The quantitative estimate of drug-likeness (QED) is 0.598. The van der Waals surface area contributed by atoms with Gasteiger partial charge < -0.3 is 5.73 Å². The van der Waals surface area contributed by atoms with Crippen molar-refractivity contribution >= 4 is 11.6 Å². The number of H-pyrrole nitrogens is 1. The molecule has 1 aromatic heterocycles. The van der Waals surface area contributed by atoms with Gasteiger partial charge >= 0.3 is 0 Å². The maximum Gasteiger partial charge on any atom is 0.287 e. The van der Waals surface area contributed by atoms with Gasteiger partial charge in [-0.3, -0.25) is 14.9 Å². The zero-order valence-electron chi connectivity index (χ0n) is 9.32. The molecule has 0 unspecified atom stereocenters. The van der Waals surface area contributed by atoms with Crippen LogP contribution in [0.25, 0.3) is 11.3 Å². The number of carbonyl (C=O) groups excluding carboxylic acids is 1. The summed E-state index contributed by atoms with van der Waals surface area (Å²) < 4.78 is 0. The molecule has 0 saturated heterocycles. The van der Waals surface area contributed by atoms with E-state index in [2.05, 4.69) is 15.4 Å². The number of benzene rings is 1. The zero-order chi connectivity index (χ0) is 14.0. The molecule has 0 aliphatic carbocycles. The third kappa shape index (κ3) is 2.09. The lowest BCUT2D eigenvalue weighted by Gasteiger charge is -2.00. The van der Waals surface area contributed by atoms with E-state index >= 15 is 0 Å². The Balaban J connectivity index is 2.59. The van der Waals surface area contributed by atoms with Gasteiger partial charge in [0.25, 0.3) is 11.6 Å². The first-order valence-corrected chi connectivity index (χ1v) is 4.94. The fourth-order valence-electron chi connectivity index (χ4n) is 1.54. The number of primary amides is 1. The van der Waals surface area contributed by atoms with E-state index in [1.54, 1.807) is 6.07 Å². The van der Waals surface area contributed by atoms with Gasteiger partial charge in [-0.1, -0.05) is 0 Å². The lowest BCUT2D eigenvalue weighted by atomic mass is 10.1. The number of nitrogens with zero attached hydrogens (tertiary/aromatic N) is 4. The van der Waals surface area contributed by atoms with Gasteiger partial charge in [0.05, 0.1) is 4.92 Å². The summed E-state index contributed by atoms with van der Waals surface area (Å²) in [6, 6.07) is 5.49. The molecule has 9 nitrogen and oxygen atoms in total. The van der Waals surface area contributed by atoms with Gasteiger partial charge in [0.1, 0.15) is 17.3 Å². The molecule has 0 saturated carbocycles. The Bertz CT molecular complexity index is 714. The van der Waals surface area contributed by atoms with E-state index in [0.717, 1.165) is 6.07 Å². The number of aromatic amines is 1. The van der Waals surface area contributed by atoms with Crippen LogP contribution >= 0.6 is 0 Å². The molecule has 19 heavy (non-hydrogen) atoms. The topological polar surface area (TPSA) is 152 Å². The Morgan fingerprint density at radius 1 is 1.47 bits per heavy atom. The van der Waals surface area contributed by atoms with E-state index in [4.69, 9.17) is 11.0 Å². The number of nitrogens with one attached hydrogen (secondary N) is 1. The van der Waals surface area contributed by atoms with Crippen LogP contribution in [0.4, 0.5) is 5.69 Å². The van der Waals surface area contributed by atoms with Gasteiger partial charge in [0.2, 0.25) is 0 Å². The average molecular weight is 258 g/mol. The van der Waals surface area contributed by atoms with Crippen LogP contribution in [0.1, 0.15) is 16.1 Å². The molecule has 94 valence electrons. The summed E-state index contributed by atoms with van der Waals surface area (Å²) in [7, 11) is 0. The highest BCUT2D eigenvalue weighted by molar-refractivity contribution is 5.96. The van der Waals surface area contributed by atoms with E-state index in [1.165, 1.54) is 12.1 Å². The molecule has 0 radical (unpaired) electrons. The molecular formula is C10H6N6O3. The third-order valence-corrected chi connectivity index (χ3v) is 2.37. The molecule has 0 spiro atoms. The number of rotatable bonds is 3. The van der Waals surface area contributed by atoms with Crippen molar-refractivity contribution in [2.24, 2.45) is 5.73 Å². The maximum atomic E-state index is 11.1. The highest BCUT2D eigenvalue weighted by atomic mass is 16.6. The zero-order valence-corrected chi connectivity index (χ0v) is 9.32. The van der Waals surface area contributed by atoms with E-state index in [1.807, 2.05) is 0 Å². The second-order valence-electron chi connectivity index (χ2n) is 3.49. The van der Waals surface area contributed by atoms with Crippen LogP contribution in [-0.4, -0.2) is 26.2 Å². The molecule has 0 atom stereocenters. The van der Waals surface area contributed by atoms with Crippen molar-refractivity contribution in [1.29, 1.82) is 5.26 Å². The van der Waals surface area contributed by atoms with E-state index in [9.17, 15) is 14.9 Å². The van der Waals surface area contributed by atoms with Crippen LogP contribution in [0.5, 0.6) is 0 Å². The molecule has 1 aromatic carbocycles. The van der Waals surface area contributed by atoms with Gasteiger partial charge in [-0.25, -0.2) is 0 Å². The maximum absolute atomic E-state index is 11.1. The first-order chi connectivity index (χ1) is 9.04. The number of aromatic nitrogens is 3. The molecule has 0 bridgehead atoms. The van der Waals surface area contributed by atoms with Crippen molar-refractivity contribution in [2.45, 2.75) is 0 Å². The summed E-state index contributed by atoms with van der Waals surface area (Å²) in [5.41, 5.74) is 5.02. The first kappa shape index (κ1) is 12.2. The Morgan fingerprint density at radius 3 is 2.79 bits per heavy atom. The van der Waals surface area contributed by atoms with Crippen LogP contribution in [0.2, 0.25) is 0 Å². The minimum atomic E-state index is -0.791. The fraction of sp³-hybridized carbons (Fsp3) is 0. The predicted molar refractivity (Wildman–Crippen MR) is 61.7 cm³/mol. The number of hydrogen-bond donors (Lipinski definition) is 2. The van der Waals surface area contributed by atoms with Crippen molar-refractivity contribution in [1.82, 2.24) is 15.4 Å². The molecule has 0 aliphatic rings. The minimum Gasteiger partial charge on any atom is -0.364 e. The number of amides is 1. The lowest BCUT2D eigenvalue weighted by molar-refractivity contribution is -0.385.